The van der Waals surface area contributed by atoms with Gasteiger partial charge in [0.25, 0.3) is 0 Å². The molecule has 43 heavy (non-hydrogen) atoms. The van der Waals surface area contributed by atoms with E-state index in [1.54, 1.807) is 30.5 Å². The fraction of sp³-hybridized carbons (Fsp3) is 0.333. The quantitative estimate of drug-likeness (QED) is 0.144. The second-order valence-corrected chi connectivity index (χ2v) is 10.7. The van der Waals surface area contributed by atoms with Crippen LogP contribution in [-0.4, -0.2) is 40.9 Å². The minimum absolute atomic E-state index is 0.0951. The summed E-state index contributed by atoms with van der Waals surface area (Å²) in [5.74, 6) is 2.85. The molecule has 0 spiro atoms. The van der Waals surface area contributed by atoms with Crippen LogP contribution in [-0.2, 0) is 6.61 Å². The number of nitrogens with zero attached hydrogens (tertiary/aromatic N) is 5. The first-order chi connectivity index (χ1) is 20.9. The maximum Gasteiger partial charge on any atom is 0.250 e. The summed E-state index contributed by atoms with van der Waals surface area (Å²) >= 11 is 0. The average molecular weight is 584 g/mol. The third kappa shape index (κ3) is 7.77. The Morgan fingerprint density at radius 2 is 1.74 bits per heavy atom. The van der Waals surface area contributed by atoms with Crippen LogP contribution in [0, 0.1) is 25.6 Å². The number of aromatic nitrogens is 3. The number of nitrogens with one attached hydrogen (secondary N) is 2. The van der Waals surface area contributed by atoms with Gasteiger partial charge in [-0.15, -0.1) is 0 Å². The van der Waals surface area contributed by atoms with Crippen molar-refractivity contribution in [1.82, 2.24) is 15.0 Å². The molecule has 2 heterocycles. The first-order valence-electron chi connectivity index (χ1n) is 14.7. The van der Waals surface area contributed by atoms with Crippen LogP contribution in [0.3, 0.4) is 0 Å². The van der Waals surface area contributed by atoms with E-state index in [0.29, 0.717) is 47.4 Å². The van der Waals surface area contributed by atoms with Gasteiger partial charge in [-0.1, -0.05) is 37.3 Å². The summed E-state index contributed by atoms with van der Waals surface area (Å²) in [7, 11) is 0. The fourth-order valence-corrected chi connectivity index (χ4v) is 4.76. The Morgan fingerprint density at radius 3 is 2.53 bits per heavy atom. The number of piperidine rings is 1. The highest BCUT2D eigenvalue weighted by molar-refractivity contribution is 5.81. The SMILES string of the molecule is CCOc1cc(/C=N/Nc2nc(Nc3cccc(C)c3C)nc(N3CCC(C)CC3)n2)ccc1OCc1ccccc1F. The lowest BCUT2D eigenvalue weighted by molar-refractivity contribution is 0.266. The molecule has 0 unspecified atom stereocenters. The molecule has 4 aromatic rings. The number of hydrogen-bond acceptors (Lipinski definition) is 9. The largest absolute Gasteiger partial charge is 0.490 e. The fourth-order valence-electron chi connectivity index (χ4n) is 4.76. The summed E-state index contributed by atoms with van der Waals surface area (Å²) in [6.07, 6.45) is 3.84. The van der Waals surface area contributed by atoms with Crippen molar-refractivity contribution in [2.75, 3.05) is 35.3 Å². The van der Waals surface area contributed by atoms with Crippen molar-refractivity contribution in [2.45, 2.75) is 47.1 Å². The molecule has 0 aliphatic carbocycles. The molecule has 1 saturated heterocycles. The molecule has 5 rings (SSSR count). The highest BCUT2D eigenvalue weighted by Crippen LogP contribution is 2.29. The summed E-state index contributed by atoms with van der Waals surface area (Å²) in [4.78, 5) is 16.2. The smallest absolute Gasteiger partial charge is 0.250 e. The summed E-state index contributed by atoms with van der Waals surface area (Å²) < 4.78 is 25.7. The summed E-state index contributed by atoms with van der Waals surface area (Å²) in [5.41, 5.74) is 7.49. The number of hydrogen-bond donors (Lipinski definition) is 2. The molecule has 0 bridgehead atoms. The standard InChI is InChI=1S/C33H38FN7O2/c1-5-42-30-19-25(13-14-29(30)43-21-26-10-6-7-11-27(26)34)20-35-40-32-37-31(36-28-12-8-9-23(3)24(28)4)38-33(39-32)41-17-15-22(2)16-18-41/h6-14,19-20,22H,5,15-18,21H2,1-4H3,(H2,36,37,38,39,40)/b35-20+. The first-order valence-corrected chi connectivity index (χ1v) is 14.7. The van der Waals surface area contributed by atoms with Gasteiger partial charge in [-0.05, 0) is 86.6 Å². The van der Waals surface area contributed by atoms with Crippen molar-refractivity contribution in [1.29, 1.82) is 0 Å². The minimum Gasteiger partial charge on any atom is -0.490 e. The molecule has 1 aromatic heterocycles. The summed E-state index contributed by atoms with van der Waals surface area (Å²) in [6, 6.07) is 18.1. The van der Waals surface area contributed by atoms with E-state index in [0.717, 1.165) is 42.7 Å². The molecule has 1 aliphatic rings. The molecule has 0 atom stereocenters. The molecule has 3 aromatic carbocycles. The lowest BCUT2D eigenvalue weighted by atomic mass is 10.00. The number of anilines is 4. The van der Waals surface area contributed by atoms with Gasteiger partial charge >= 0.3 is 0 Å². The second-order valence-electron chi connectivity index (χ2n) is 10.7. The molecular formula is C33H38FN7O2. The zero-order valence-corrected chi connectivity index (χ0v) is 25.1. The number of halogens is 1. The monoisotopic (exact) mass is 583 g/mol. The van der Waals surface area contributed by atoms with Crippen LogP contribution in [0.25, 0.3) is 0 Å². The number of rotatable bonds is 11. The summed E-state index contributed by atoms with van der Waals surface area (Å²) in [5, 5.41) is 7.78. The molecule has 224 valence electrons. The number of hydrazone groups is 1. The predicted octanol–water partition coefficient (Wildman–Crippen LogP) is 7.03. The van der Waals surface area contributed by atoms with E-state index in [4.69, 9.17) is 14.5 Å². The van der Waals surface area contributed by atoms with Crippen molar-refractivity contribution in [2.24, 2.45) is 11.0 Å². The topological polar surface area (TPSA) is 96.8 Å². The van der Waals surface area contributed by atoms with Crippen LogP contribution in [0.15, 0.2) is 65.8 Å². The molecule has 0 saturated carbocycles. The molecule has 1 aliphatic heterocycles. The number of benzene rings is 3. The van der Waals surface area contributed by atoms with Gasteiger partial charge in [0.05, 0.1) is 12.8 Å². The van der Waals surface area contributed by atoms with E-state index < -0.39 is 0 Å². The summed E-state index contributed by atoms with van der Waals surface area (Å²) in [6.45, 7) is 10.7. The van der Waals surface area contributed by atoms with Crippen LogP contribution in [0.1, 0.15) is 48.9 Å². The van der Waals surface area contributed by atoms with Gasteiger partial charge in [0, 0.05) is 24.3 Å². The van der Waals surface area contributed by atoms with E-state index in [1.165, 1.54) is 11.6 Å². The van der Waals surface area contributed by atoms with Crippen LogP contribution < -0.4 is 25.1 Å². The van der Waals surface area contributed by atoms with Gasteiger partial charge in [0.2, 0.25) is 17.8 Å². The Labute approximate surface area is 252 Å². The van der Waals surface area contributed by atoms with Gasteiger partial charge < -0.3 is 19.7 Å². The van der Waals surface area contributed by atoms with Gasteiger partial charge in [-0.3, -0.25) is 0 Å². The Morgan fingerprint density at radius 1 is 0.953 bits per heavy atom. The first kappa shape index (κ1) is 29.8. The zero-order chi connectivity index (χ0) is 30.2. The van der Waals surface area contributed by atoms with E-state index in [9.17, 15) is 4.39 Å². The Hall–Kier alpha value is -4.73. The third-order valence-corrected chi connectivity index (χ3v) is 7.53. The zero-order valence-electron chi connectivity index (χ0n) is 25.1. The molecule has 9 nitrogen and oxygen atoms in total. The highest BCUT2D eigenvalue weighted by atomic mass is 19.1. The van der Waals surface area contributed by atoms with Crippen LogP contribution in [0.4, 0.5) is 27.9 Å². The van der Waals surface area contributed by atoms with Crippen molar-refractivity contribution in [3.05, 3.63) is 88.7 Å². The van der Waals surface area contributed by atoms with Crippen molar-refractivity contribution < 1.29 is 13.9 Å². The Balaban J connectivity index is 1.33. The van der Waals surface area contributed by atoms with Crippen LogP contribution >= 0.6 is 0 Å². The minimum atomic E-state index is -0.306. The van der Waals surface area contributed by atoms with Gasteiger partial charge in [0.15, 0.2) is 11.5 Å². The lowest BCUT2D eigenvalue weighted by Gasteiger charge is -2.30. The van der Waals surface area contributed by atoms with Crippen molar-refractivity contribution in [3.63, 3.8) is 0 Å². The van der Waals surface area contributed by atoms with Crippen molar-refractivity contribution >= 4 is 29.7 Å². The van der Waals surface area contributed by atoms with E-state index in [-0.39, 0.29) is 12.4 Å². The number of ether oxygens (including phenoxy) is 2. The van der Waals surface area contributed by atoms with E-state index in [1.807, 2.05) is 31.2 Å². The molecular weight excluding hydrogens is 545 g/mol. The third-order valence-electron chi connectivity index (χ3n) is 7.53. The van der Waals surface area contributed by atoms with Gasteiger partial charge in [0.1, 0.15) is 12.4 Å². The molecule has 0 amide bonds. The maximum absolute atomic E-state index is 14.0. The lowest BCUT2D eigenvalue weighted by Crippen LogP contribution is -2.34. The van der Waals surface area contributed by atoms with Gasteiger partial charge in [-0.25, -0.2) is 9.82 Å². The average Bonchev–Trinajstić information content (AvgIpc) is 3.00. The van der Waals surface area contributed by atoms with Crippen LogP contribution in [0.2, 0.25) is 0 Å². The van der Waals surface area contributed by atoms with Crippen molar-refractivity contribution in [3.8, 4) is 11.5 Å². The highest BCUT2D eigenvalue weighted by Gasteiger charge is 2.20. The van der Waals surface area contributed by atoms with Gasteiger partial charge in [-0.2, -0.15) is 20.1 Å². The molecule has 0 radical (unpaired) electrons. The Kier molecular flexibility index (Phi) is 9.66. The van der Waals surface area contributed by atoms with E-state index in [2.05, 4.69) is 57.5 Å². The maximum atomic E-state index is 14.0. The molecule has 2 N–H and O–H groups in total. The second kappa shape index (κ2) is 14.0. The Bertz CT molecular complexity index is 1570. The van der Waals surface area contributed by atoms with E-state index >= 15 is 0 Å². The molecule has 10 heteroatoms. The normalized spacial score (nSPS) is 13.7. The molecule has 1 fully saturated rings. The number of aryl methyl sites for hydroxylation is 1. The van der Waals surface area contributed by atoms with Crippen LogP contribution in [0.5, 0.6) is 11.5 Å². The predicted molar refractivity (Wildman–Crippen MR) is 169 cm³/mol.